The summed E-state index contributed by atoms with van der Waals surface area (Å²) < 4.78 is 0. The van der Waals surface area contributed by atoms with E-state index in [1.54, 1.807) is 18.2 Å². The first-order chi connectivity index (χ1) is 10.5. The van der Waals surface area contributed by atoms with Crippen molar-refractivity contribution in [1.82, 2.24) is 5.32 Å². The Morgan fingerprint density at radius 3 is 2.45 bits per heavy atom. The zero-order valence-electron chi connectivity index (χ0n) is 12.0. The second kappa shape index (κ2) is 7.61. The summed E-state index contributed by atoms with van der Waals surface area (Å²) in [6.07, 6.45) is 1.06. The first-order valence-electron chi connectivity index (χ1n) is 6.94. The molecule has 0 saturated carbocycles. The predicted molar refractivity (Wildman–Crippen MR) is 86.6 cm³/mol. The average molecular weight is 317 g/mol. The van der Waals surface area contributed by atoms with Gasteiger partial charge in [0.1, 0.15) is 0 Å². The van der Waals surface area contributed by atoms with Crippen LogP contribution in [-0.4, -0.2) is 11.8 Å². The number of nitrogens with two attached hydrogens (primary N) is 1. The highest BCUT2D eigenvalue weighted by Gasteiger charge is 2.04. The number of halogens is 1. The molecule has 5 heteroatoms. The standard InChI is InChI=1S/C17H17ClN2O2/c18-15-7-4-12(5-8-15)6-9-16(21)20-11-13-2-1-3-14(10-13)17(19)22/h1-5,7-8,10H,6,9,11H2,(H2,19,22)(H,20,21). The molecule has 0 heterocycles. The normalized spacial score (nSPS) is 10.2. The highest BCUT2D eigenvalue weighted by atomic mass is 35.5. The molecule has 0 spiro atoms. The summed E-state index contributed by atoms with van der Waals surface area (Å²) in [7, 11) is 0. The van der Waals surface area contributed by atoms with Crippen LogP contribution in [0.5, 0.6) is 0 Å². The third-order valence-corrected chi connectivity index (χ3v) is 3.51. The summed E-state index contributed by atoms with van der Waals surface area (Å²) in [5.41, 5.74) is 7.57. The quantitative estimate of drug-likeness (QED) is 0.860. The highest BCUT2D eigenvalue weighted by molar-refractivity contribution is 6.30. The van der Waals surface area contributed by atoms with E-state index in [9.17, 15) is 9.59 Å². The highest BCUT2D eigenvalue weighted by Crippen LogP contribution is 2.11. The van der Waals surface area contributed by atoms with Gasteiger partial charge in [-0.15, -0.1) is 0 Å². The molecule has 0 aromatic heterocycles. The molecule has 0 fully saturated rings. The number of hydrogen-bond donors (Lipinski definition) is 2. The maximum absolute atomic E-state index is 11.8. The Kier molecular flexibility index (Phi) is 5.55. The van der Waals surface area contributed by atoms with E-state index in [2.05, 4.69) is 5.32 Å². The van der Waals surface area contributed by atoms with Gasteiger partial charge < -0.3 is 11.1 Å². The summed E-state index contributed by atoms with van der Waals surface area (Å²) in [4.78, 5) is 22.9. The van der Waals surface area contributed by atoms with E-state index in [0.29, 0.717) is 30.0 Å². The maximum atomic E-state index is 11.8. The minimum absolute atomic E-state index is 0.0422. The molecular weight excluding hydrogens is 300 g/mol. The SMILES string of the molecule is NC(=O)c1cccc(CNC(=O)CCc2ccc(Cl)cc2)c1. The molecule has 0 aliphatic rings. The molecule has 0 aliphatic heterocycles. The van der Waals surface area contributed by atoms with Crippen molar-refractivity contribution < 1.29 is 9.59 Å². The second-order valence-corrected chi connectivity index (χ2v) is 5.40. The fraction of sp³-hybridized carbons (Fsp3) is 0.176. The minimum Gasteiger partial charge on any atom is -0.366 e. The van der Waals surface area contributed by atoms with E-state index >= 15 is 0 Å². The number of nitrogens with one attached hydrogen (secondary N) is 1. The van der Waals surface area contributed by atoms with Gasteiger partial charge in [0.2, 0.25) is 11.8 Å². The maximum Gasteiger partial charge on any atom is 0.248 e. The first-order valence-corrected chi connectivity index (χ1v) is 7.32. The van der Waals surface area contributed by atoms with Crippen LogP contribution >= 0.6 is 11.6 Å². The van der Waals surface area contributed by atoms with Gasteiger partial charge in [0.15, 0.2) is 0 Å². The van der Waals surface area contributed by atoms with Crippen LogP contribution < -0.4 is 11.1 Å². The van der Waals surface area contributed by atoms with E-state index in [1.165, 1.54) is 0 Å². The van der Waals surface area contributed by atoms with Crippen molar-refractivity contribution in [2.24, 2.45) is 5.73 Å². The Bertz CT molecular complexity index is 669. The van der Waals surface area contributed by atoms with Crippen LogP contribution in [0.4, 0.5) is 0 Å². The van der Waals surface area contributed by atoms with Crippen LogP contribution in [0.15, 0.2) is 48.5 Å². The molecule has 0 atom stereocenters. The molecule has 3 N–H and O–H groups in total. The van der Waals surface area contributed by atoms with Crippen LogP contribution in [0.2, 0.25) is 5.02 Å². The third-order valence-electron chi connectivity index (χ3n) is 3.26. The molecule has 0 radical (unpaired) electrons. The number of benzene rings is 2. The number of carbonyl (C=O) groups excluding carboxylic acids is 2. The van der Waals surface area contributed by atoms with Gasteiger partial charge >= 0.3 is 0 Å². The van der Waals surface area contributed by atoms with Crippen molar-refractivity contribution in [3.05, 3.63) is 70.2 Å². The minimum atomic E-state index is -0.476. The molecule has 2 aromatic carbocycles. The summed E-state index contributed by atoms with van der Waals surface area (Å²) in [5, 5.41) is 3.51. The molecule has 4 nitrogen and oxygen atoms in total. The summed E-state index contributed by atoms with van der Waals surface area (Å²) in [6.45, 7) is 0.376. The van der Waals surface area contributed by atoms with E-state index in [0.717, 1.165) is 11.1 Å². The Balaban J connectivity index is 1.81. The molecule has 22 heavy (non-hydrogen) atoms. The van der Waals surface area contributed by atoms with Crippen LogP contribution in [0.25, 0.3) is 0 Å². The van der Waals surface area contributed by atoms with E-state index in [4.69, 9.17) is 17.3 Å². The third kappa shape index (κ3) is 4.90. The van der Waals surface area contributed by atoms with Gasteiger partial charge in [0.25, 0.3) is 0 Å². The van der Waals surface area contributed by atoms with Gasteiger partial charge in [0.05, 0.1) is 0 Å². The fourth-order valence-electron chi connectivity index (χ4n) is 2.03. The van der Waals surface area contributed by atoms with E-state index < -0.39 is 5.91 Å². The largest absolute Gasteiger partial charge is 0.366 e. The summed E-state index contributed by atoms with van der Waals surface area (Å²) in [6, 6.07) is 14.4. The molecule has 2 rings (SSSR count). The van der Waals surface area contributed by atoms with Crippen molar-refractivity contribution in [2.75, 3.05) is 0 Å². The Hall–Kier alpha value is -2.33. The molecule has 0 aliphatic carbocycles. The van der Waals surface area contributed by atoms with Crippen LogP contribution in [-0.2, 0) is 17.8 Å². The number of amides is 2. The smallest absolute Gasteiger partial charge is 0.248 e. The summed E-state index contributed by atoms with van der Waals surface area (Å²) in [5.74, 6) is -0.518. The van der Waals surface area contributed by atoms with Gasteiger partial charge in [-0.3, -0.25) is 9.59 Å². The predicted octanol–water partition coefficient (Wildman–Crippen LogP) is 2.69. The number of aryl methyl sites for hydroxylation is 1. The topological polar surface area (TPSA) is 72.2 Å². The number of primary amides is 1. The zero-order valence-corrected chi connectivity index (χ0v) is 12.8. The van der Waals surface area contributed by atoms with Gasteiger partial charge in [-0.25, -0.2) is 0 Å². The van der Waals surface area contributed by atoms with Crippen LogP contribution in [0, 0.1) is 0 Å². The summed E-state index contributed by atoms with van der Waals surface area (Å²) >= 11 is 5.81. The fourth-order valence-corrected chi connectivity index (χ4v) is 2.16. The van der Waals surface area contributed by atoms with Gasteiger partial charge in [-0.2, -0.15) is 0 Å². The molecule has 0 unspecified atom stereocenters. The zero-order chi connectivity index (χ0) is 15.9. The van der Waals surface area contributed by atoms with Crippen molar-refractivity contribution in [3.8, 4) is 0 Å². The molecule has 2 amide bonds. The monoisotopic (exact) mass is 316 g/mol. The van der Waals surface area contributed by atoms with Crippen molar-refractivity contribution in [1.29, 1.82) is 0 Å². The Morgan fingerprint density at radius 2 is 1.77 bits per heavy atom. The lowest BCUT2D eigenvalue weighted by atomic mass is 10.1. The van der Waals surface area contributed by atoms with Gasteiger partial charge in [0, 0.05) is 23.6 Å². The van der Waals surface area contributed by atoms with E-state index in [-0.39, 0.29) is 5.91 Å². The molecule has 0 saturated heterocycles. The molecule has 0 bridgehead atoms. The Morgan fingerprint density at radius 1 is 1.05 bits per heavy atom. The van der Waals surface area contributed by atoms with Gasteiger partial charge in [-0.1, -0.05) is 35.9 Å². The van der Waals surface area contributed by atoms with E-state index in [1.807, 2.05) is 30.3 Å². The molecule has 114 valence electrons. The number of carbonyl (C=O) groups is 2. The van der Waals surface area contributed by atoms with Crippen molar-refractivity contribution in [3.63, 3.8) is 0 Å². The second-order valence-electron chi connectivity index (χ2n) is 4.97. The van der Waals surface area contributed by atoms with Gasteiger partial charge in [-0.05, 0) is 41.8 Å². The average Bonchev–Trinajstić information content (AvgIpc) is 2.52. The van der Waals surface area contributed by atoms with Crippen LogP contribution in [0.1, 0.15) is 27.9 Å². The lowest BCUT2D eigenvalue weighted by Crippen LogP contribution is -2.23. The lowest BCUT2D eigenvalue weighted by molar-refractivity contribution is -0.121. The molecule has 2 aromatic rings. The van der Waals surface area contributed by atoms with Crippen molar-refractivity contribution >= 4 is 23.4 Å². The number of hydrogen-bond acceptors (Lipinski definition) is 2. The van der Waals surface area contributed by atoms with Crippen LogP contribution in [0.3, 0.4) is 0 Å². The Labute approximate surface area is 134 Å². The molecular formula is C17H17ClN2O2. The number of rotatable bonds is 6. The van der Waals surface area contributed by atoms with Crippen molar-refractivity contribution in [2.45, 2.75) is 19.4 Å². The lowest BCUT2D eigenvalue weighted by Gasteiger charge is -2.06. The first kappa shape index (κ1) is 16.0.